The number of para-hydroxylation sites is 1. The van der Waals surface area contributed by atoms with Gasteiger partial charge in [-0.2, -0.15) is 4.99 Å². The van der Waals surface area contributed by atoms with E-state index >= 15 is 0 Å². The van der Waals surface area contributed by atoms with Crippen molar-refractivity contribution < 1.29 is 4.79 Å². The summed E-state index contributed by atoms with van der Waals surface area (Å²) < 4.78 is 0. The van der Waals surface area contributed by atoms with Crippen molar-refractivity contribution in [1.29, 1.82) is 0 Å². The highest BCUT2D eigenvalue weighted by molar-refractivity contribution is 8.19. The largest absolute Gasteiger partial charge is 0.271 e. The molecule has 5 rings (SSSR count). The maximum Gasteiger partial charge on any atom is 0.271 e. The molecule has 3 aromatic carbocycles. The minimum Gasteiger partial charge on any atom is -0.268 e. The van der Waals surface area contributed by atoms with Gasteiger partial charge in [0.25, 0.3) is 5.91 Å². The van der Waals surface area contributed by atoms with E-state index in [1.165, 1.54) is 23.1 Å². The minimum atomic E-state index is -0.0998. The molecule has 0 radical (unpaired) electrons. The van der Waals surface area contributed by atoms with E-state index in [0.717, 1.165) is 28.1 Å². The van der Waals surface area contributed by atoms with E-state index in [-0.39, 0.29) is 5.91 Å². The van der Waals surface area contributed by atoms with Gasteiger partial charge in [-0.3, -0.25) is 9.69 Å². The monoisotopic (exact) mass is 487 g/mol. The van der Waals surface area contributed by atoms with E-state index in [1.807, 2.05) is 97.2 Å². The van der Waals surface area contributed by atoms with Gasteiger partial charge >= 0.3 is 0 Å². The lowest BCUT2D eigenvalue weighted by molar-refractivity contribution is -0.113. The van der Waals surface area contributed by atoms with Crippen molar-refractivity contribution in [3.63, 3.8) is 0 Å². The molecular formula is C26H18ClN3OS2. The highest BCUT2D eigenvalue weighted by Crippen LogP contribution is 2.40. The summed E-state index contributed by atoms with van der Waals surface area (Å²) in [6.07, 6.45) is 0. The number of hydrogen-bond donors (Lipinski definition) is 0. The molecule has 162 valence electrons. The standard InChI is InChI=1S/C26H18ClN3OS2/c1-17(18-12-14-20(27)15-13-18)23-24(31)30(21-10-6-3-7-11-21)26(33-23)29-25-28-22(16-32-25)19-8-4-2-5-9-19/h2-16H,1H3/b23-17-,29-26+. The van der Waals surface area contributed by atoms with Crippen molar-refractivity contribution in [2.24, 2.45) is 4.99 Å². The molecule has 33 heavy (non-hydrogen) atoms. The first-order valence-electron chi connectivity index (χ1n) is 10.2. The highest BCUT2D eigenvalue weighted by atomic mass is 35.5. The second kappa shape index (κ2) is 9.35. The number of anilines is 1. The lowest BCUT2D eigenvalue weighted by atomic mass is 10.1. The average Bonchev–Trinajstić information content (AvgIpc) is 3.45. The molecule has 1 saturated heterocycles. The molecule has 1 fully saturated rings. The first-order chi connectivity index (χ1) is 16.1. The van der Waals surface area contributed by atoms with Crippen LogP contribution in [0.5, 0.6) is 0 Å². The van der Waals surface area contributed by atoms with Crippen LogP contribution in [-0.2, 0) is 4.79 Å². The number of rotatable bonds is 4. The molecule has 0 aliphatic carbocycles. The Balaban J connectivity index is 1.56. The smallest absolute Gasteiger partial charge is 0.268 e. The molecule has 1 aromatic heterocycles. The van der Waals surface area contributed by atoms with Crippen LogP contribution >= 0.6 is 34.7 Å². The fourth-order valence-corrected chi connectivity index (χ4v) is 5.38. The number of thiazole rings is 1. The third-order valence-electron chi connectivity index (χ3n) is 5.17. The Kier molecular flexibility index (Phi) is 6.13. The number of thioether (sulfide) groups is 1. The van der Waals surface area contributed by atoms with Crippen LogP contribution < -0.4 is 4.90 Å². The predicted molar refractivity (Wildman–Crippen MR) is 140 cm³/mol. The molecule has 4 nitrogen and oxygen atoms in total. The van der Waals surface area contributed by atoms with Gasteiger partial charge in [-0.1, -0.05) is 72.3 Å². The third-order valence-corrected chi connectivity index (χ3v) is 7.29. The van der Waals surface area contributed by atoms with Crippen LogP contribution in [0.1, 0.15) is 12.5 Å². The molecule has 1 aliphatic rings. The Labute approximate surface area is 205 Å². The Morgan fingerprint density at radius 3 is 2.30 bits per heavy atom. The number of aliphatic imine (C=N–C) groups is 1. The van der Waals surface area contributed by atoms with Gasteiger partial charge in [0.2, 0.25) is 5.13 Å². The van der Waals surface area contributed by atoms with Gasteiger partial charge in [-0.15, -0.1) is 11.3 Å². The molecule has 0 spiro atoms. The van der Waals surface area contributed by atoms with E-state index in [4.69, 9.17) is 16.6 Å². The Morgan fingerprint density at radius 2 is 1.61 bits per heavy atom. The van der Waals surface area contributed by atoms with Crippen molar-refractivity contribution in [3.05, 3.63) is 106 Å². The average molecular weight is 488 g/mol. The van der Waals surface area contributed by atoms with Crippen molar-refractivity contribution in [2.45, 2.75) is 6.92 Å². The van der Waals surface area contributed by atoms with E-state index in [2.05, 4.69) is 4.98 Å². The van der Waals surface area contributed by atoms with Gasteiger partial charge < -0.3 is 0 Å². The fraction of sp³-hybridized carbons (Fsp3) is 0.0385. The lowest BCUT2D eigenvalue weighted by Crippen LogP contribution is -2.28. The third kappa shape index (κ3) is 4.50. The first kappa shape index (κ1) is 21.6. The summed E-state index contributed by atoms with van der Waals surface area (Å²) in [5.74, 6) is -0.0998. The van der Waals surface area contributed by atoms with Crippen LogP contribution in [0.3, 0.4) is 0 Å². The first-order valence-corrected chi connectivity index (χ1v) is 12.3. The maximum atomic E-state index is 13.5. The Hall–Kier alpha value is -3.19. The number of carbonyl (C=O) groups is 1. The van der Waals surface area contributed by atoms with E-state index in [0.29, 0.717) is 20.2 Å². The summed E-state index contributed by atoms with van der Waals surface area (Å²) >= 11 is 8.87. The molecule has 4 aromatic rings. The Bertz CT molecular complexity index is 1360. The molecule has 0 bridgehead atoms. The van der Waals surface area contributed by atoms with Crippen LogP contribution in [0, 0.1) is 0 Å². The number of aromatic nitrogens is 1. The molecule has 0 saturated carbocycles. The van der Waals surface area contributed by atoms with Crippen LogP contribution in [0.25, 0.3) is 16.8 Å². The topological polar surface area (TPSA) is 45.6 Å². The number of halogens is 1. The quantitative estimate of drug-likeness (QED) is 0.277. The zero-order chi connectivity index (χ0) is 22.8. The van der Waals surface area contributed by atoms with Gasteiger partial charge in [0, 0.05) is 16.0 Å². The van der Waals surface area contributed by atoms with Crippen molar-refractivity contribution >= 4 is 62.2 Å². The summed E-state index contributed by atoms with van der Waals surface area (Å²) in [4.78, 5) is 25.3. The van der Waals surface area contributed by atoms with Gasteiger partial charge in [-0.05, 0) is 54.1 Å². The lowest BCUT2D eigenvalue weighted by Gasteiger charge is -2.15. The number of benzene rings is 3. The molecule has 0 unspecified atom stereocenters. The van der Waals surface area contributed by atoms with Crippen molar-refractivity contribution in [3.8, 4) is 11.3 Å². The molecule has 1 amide bonds. The maximum absolute atomic E-state index is 13.5. The molecule has 1 aliphatic heterocycles. The number of amides is 1. The summed E-state index contributed by atoms with van der Waals surface area (Å²) in [5.41, 5.74) is 4.51. The Morgan fingerprint density at radius 1 is 0.939 bits per heavy atom. The predicted octanol–water partition coefficient (Wildman–Crippen LogP) is 7.66. The second-order valence-electron chi connectivity index (χ2n) is 7.31. The van der Waals surface area contributed by atoms with E-state index in [9.17, 15) is 4.79 Å². The number of amidine groups is 1. The normalized spacial score (nSPS) is 16.5. The summed E-state index contributed by atoms with van der Waals surface area (Å²) in [5, 5.41) is 3.84. The van der Waals surface area contributed by atoms with Gasteiger partial charge in [0.15, 0.2) is 5.17 Å². The molecule has 7 heteroatoms. The number of allylic oxidation sites excluding steroid dienone is 1. The summed E-state index contributed by atoms with van der Waals surface area (Å²) in [7, 11) is 0. The van der Waals surface area contributed by atoms with Crippen LogP contribution in [0.2, 0.25) is 5.02 Å². The van der Waals surface area contributed by atoms with Crippen LogP contribution in [-0.4, -0.2) is 16.1 Å². The molecule has 0 atom stereocenters. The van der Waals surface area contributed by atoms with Crippen LogP contribution in [0.15, 0.2) is 100 Å². The second-order valence-corrected chi connectivity index (χ2v) is 9.57. The van der Waals surface area contributed by atoms with E-state index < -0.39 is 0 Å². The number of nitrogens with zero attached hydrogens (tertiary/aromatic N) is 3. The van der Waals surface area contributed by atoms with Gasteiger partial charge in [0.1, 0.15) is 0 Å². The molecule has 2 heterocycles. The van der Waals surface area contributed by atoms with Crippen LogP contribution in [0.4, 0.5) is 10.8 Å². The van der Waals surface area contributed by atoms with Gasteiger partial charge in [-0.25, -0.2) is 4.98 Å². The number of carbonyl (C=O) groups excluding carboxylic acids is 1. The number of hydrogen-bond acceptors (Lipinski definition) is 5. The highest BCUT2D eigenvalue weighted by Gasteiger charge is 2.36. The molecular weight excluding hydrogens is 470 g/mol. The fourth-order valence-electron chi connectivity index (χ4n) is 3.45. The minimum absolute atomic E-state index is 0.0998. The SMILES string of the molecule is C/C(=C1/S/C(=N/c2nc(-c3ccccc3)cs2)N(c2ccccc2)C1=O)c1ccc(Cl)cc1. The zero-order valence-electron chi connectivity index (χ0n) is 17.6. The summed E-state index contributed by atoms with van der Waals surface area (Å²) in [6, 6.07) is 27.1. The van der Waals surface area contributed by atoms with E-state index in [1.54, 1.807) is 4.90 Å². The van der Waals surface area contributed by atoms with Gasteiger partial charge in [0.05, 0.1) is 16.3 Å². The molecule has 0 N–H and O–H groups in total. The zero-order valence-corrected chi connectivity index (χ0v) is 20.0. The summed E-state index contributed by atoms with van der Waals surface area (Å²) in [6.45, 7) is 1.95. The van der Waals surface area contributed by atoms with Crippen molar-refractivity contribution in [1.82, 2.24) is 4.98 Å². The van der Waals surface area contributed by atoms with Crippen molar-refractivity contribution in [2.75, 3.05) is 4.90 Å².